The van der Waals surface area contributed by atoms with E-state index in [0.29, 0.717) is 6.92 Å². The molecule has 2 aromatic carbocycles. The molecule has 0 spiro atoms. The number of alkyl halides is 3. The van der Waals surface area contributed by atoms with Crippen molar-refractivity contribution in [1.29, 1.82) is 0 Å². The summed E-state index contributed by atoms with van der Waals surface area (Å²) in [6.45, 7) is 2.50. The van der Waals surface area contributed by atoms with Crippen molar-refractivity contribution in [2.24, 2.45) is 0 Å². The zero-order chi connectivity index (χ0) is 23.2. The van der Waals surface area contributed by atoms with Crippen molar-refractivity contribution in [3.05, 3.63) is 59.7 Å². The normalized spacial score (nSPS) is 20.5. The molecule has 2 atom stereocenters. The van der Waals surface area contributed by atoms with Gasteiger partial charge in [-0.15, -0.1) is 0 Å². The first kappa shape index (κ1) is 23.4. The maximum Gasteiger partial charge on any atom is 0.421 e. The molecule has 5 nitrogen and oxygen atoms in total. The van der Waals surface area contributed by atoms with Gasteiger partial charge in [0.15, 0.2) is 5.60 Å². The van der Waals surface area contributed by atoms with Crippen LogP contribution in [0.5, 0.6) is 0 Å². The molecule has 0 aliphatic carbocycles. The van der Waals surface area contributed by atoms with E-state index in [2.05, 4.69) is 0 Å². The van der Waals surface area contributed by atoms with Gasteiger partial charge in [0, 0.05) is 31.7 Å². The van der Waals surface area contributed by atoms with Gasteiger partial charge in [-0.2, -0.15) is 17.5 Å². The Morgan fingerprint density at radius 3 is 2.16 bits per heavy atom. The number of benzene rings is 2. The summed E-state index contributed by atoms with van der Waals surface area (Å²) in [6.07, 6.45) is -4.92. The van der Waals surface area contributed by atoms with E-state index in [9.17, 15) is 35.5 Å². The fourth-order valence-corrected chi connectivity index (χ4v) is 5.12. The predicted molar refractivity (Wildman–Crippen MR) is 104 cm³/mol. The molecule has 3 rings (SSSR count). The highest BCUT2D eigenvalue weighted by molar-refractivity contribution is 7.89. The second-order valence-electron chi connectivity index (χ2n) is 7.60. The molecular weight excluding hydrogens is 443 g/mol. The first-order valence-electron chi connectivity index (χ1n) is 9.36. The summed E-state index contributed by atoms with van der Waals surface area (Å²) in [4.78, 5) is 1.39. The second kappa shape index (κ2) is 8.03. The first-order chi connectivity index (χ1) is 14.2. The summed E-state index contributed by atoms with van der Waals surface area (Å²) in [5.74, 6) is -1.47. The van der Waals surface area contributed by atoms with Crippen LogP contribution in [-0.4, -0.2) is 49.7 Å². The lowest BCUT2D eigenvalue weighted by molar-refractivity contribution is -0.258. The Balaban J connectivity index is 1.80. The maximum absolute atomic E-state index is 14.1. The first-order valence-corrected chi connectivity index (χ1v) is 10.8. The van der Waals surface area contributed by atoms with Crippen LogP contribution in [0, 0.1) is 11.6 Å². The number of hydrogen-bond donors (Lipinski definition) is 1. The van der Waals surface area contributed by atoms with Crippen LogP contribution in [0.1, 0.15) is 19.4 Å². The van der Waals surface area contributed by atoms with Crippen LogP contribution in [0.4, 0.5) is 27.6 Å². The molecule has 1 N–H and O–H groups in total. The number of piperazine rings is 1. The lowest BCUT2D eigenvalue weighted by Crippen LogP contribution is -2.54. The molecule has 1 fully saturated rings. The van der Waals surface area contributed by atoms with Gasteiger partial charge in [-0.1, -0.05) is 12.1 Å². The number of aliphatic hydroxyl groups is 1. The van der Waals surface area contributed by atoms with Gasteiger partial charge in [-0.3, -0.25) is 0 Å². The standard InChI is InChI=1S/C20H21F5N2O3S/c1-13-12-26(18-8-5-15(21)11-17(18)22)9-10-27(13)31(29,30)16-6-3-14(4-7-16)19(2,28)20(23,24)25/h3-8,11,13,28H,9-10,12H2,1-2H3/t13-,19?/m1/s1. The van der Waals surface area contributed by atoms with Gasteiger partial charge < -0.3 is 10.0 Å². The van der Waals surface area contributed by atoms with Gasteiger partial charge in [0.2, 0.25) is 10.0 Å². The highest BCUT2D eigenvalue weighted by Crippen LogP contribution is 2.38. The van der Waals surface area contributed by atoms with Crippen LogP contribution < -0.4 is 4.90 Å². The molecule has 2 aromatic rings. The third-order valence-electron chi connectivity index (χ3n) is 5.39. The fourth-order valence-electron chi connectivity index (χ4n) is 3.51. The molecule has 31 heavy (non-hydrogen) atoms. The summed E-state index contributed by atoms with van der Waals surface area (Å²) in [5, 5.41) is 9.74. The summed E-state index contributed by atoms with van der Waals surface area (Å²) in [6, 6.07) is 6.45. The summed E-state index contributed by atoms with van der Waals surface area (Å²) in [7, 11) is -4.04. The molecule has 1 heterocycles. The Kier molecular flexibility index (Phi) is 6.07. The molecule has 0 saturated carbocycles. The molecule has 0 radical (unpaired) electrons. The molecule has 1 unspecified atom stereocenters. The largest absolute Gasteiger partial charge is 0.421 e. The number of hydrogen-bond acceptors (Lipinski definition) is 4. The number of nitrogens with zero attached hydrogens (tertiary/aromatic N) is 2. The maximum atomic E-state index is 14.1. The molecule has 1 aliphatic rings. The minimum atomic E-state index is -4.92. The number of halogens is 5. The molecule has 0 aromatic heterocycles. The van der Waals surface area contributed by atoms with Crippen LogP contribution in [0.25, 0.3) is 0 Å². The van der Waals surface area contributed by atoms with Gasteiger partial charge >= 0.3 is 6.18 Å². The topological polar surface area (TPSA) is 60.9 Å². The van der Waals surface area contributed by atoms with Crippen molar-refractivity contribution in [2.75, 3.05) is 24.5 Å². The number of sulfonamides is 1. The van der Waals surface area contributed by atoms with E-state index >= 15 is 0 Å². The van der Waals surface area contributed by atoms with E-state index < -0.39 is 45.0 Å². The fraction of sp³-hybridized carbons (Fsp3) is 0.400. The van der Waals surface area contributed by atoms with E-state index in [1.54, 1.807) is 11.8 Å². The van der Waals surface area contributed by atoms with Crippen molar-refractivity contribution < 1.29 is 35.5 Å². The summed E-state index contributed by atoms with van der Waals surface area (Å²) >= 11 is 0. The summed E-state index contributed by atoms with van der Waals surface area (Å²) < 4.78 is 93.4. The van der Waals surface area contributed by atoms with E-state index in [-0.39, 0.29) is 30.2 Å². The average molecular weight is 464 g/mol. The van der Waals surface area contributed by atoms with Crippen LogP contribution in [0.15, 0.2) is 47.4 Å². The van der Waals surface area contributed by atoms with Gasteiger partial charge in [-0.05, 0) is 43.7 Å². The quantitative estimate of drug-likeness (QED) is 0.703. The minimum absolute atomic E-state index is 0.00232. The number of anilines is 1. The third-order valence-corrected chi connectivity index (χ3v) is 7.42. The van der Waals surface area contributed by atoms with E-state index in [0.717, 1.165) is 36.4 Å². The van der Waals surface area contributed by atoms with Gasteiger partial charge in [0.25, 0.3) is 0 Å². The van der Waals surface area contributed by atoms with Crippen molar-refractivity contribution >= 4 is 15.7 Å². The van der Waals surface area contributed by atoms with Crippen molar-refractivity contribution in [2.45, 2.75) is 36.6 Å². The molecule has 1 aliphatic heterocycles. The van der Waals surface area contributed by atoms with Gasteiger partial charge in [0.05, 0.1) is 10.6 Å². The molecule has 1 saturated heterocycles. The Morgan fingerprint density at radius 2 is 1.65 bits per heavy atom. The highest BCUT2D eigenvalue weighted by atomic mass is 32.2. The highest BCUT2D eigenvalue weighted by Gasteiger charge is 2.51. The molecule has 0 amide bonds. The van der Waals surface area contributed by atoms with Gasteiger partial charge in [-0.25, -0.2) is 17.2 Å². The molecule has 0 bridgehead atoms. The monoisotopic (exact) mass is 464 g/mol. The van der Waals surface area contributed by atoms with E-state index in [4.69, 9.17) is 0 Å². The third kappa shape index (κ3) is 4.39. The van der Waals surface area contributed by atoms with Crippen LogP contribution >= 0.6 is 0 Å². The molecule has 11 heteroatoms. The Labute approximate surface area is 176 Å². The molecule has 170 valence electrons. The Bertz CT molecular complexity index is 1060. The zero-order valence-electron chi connectivity index (χ0n) is 16.7. The van der Waals surface area contributed by atoms with Crippen molar-refractivity contribution in [3.8, 4) is 0 Å². The Hall–Kier alpha value is -2.24. The van der Waals surface area contributed by atoms with E-state index in [1.807, 2.05) is 0 Å². The van der Waals surface area contributed by atoms with Crippen LogP contribution in [0.2, 0.25) is 0 Å². The number of rotatable bonds is 4. The van der Waals surface area contributed by atoms with Crippen molar-refractivity contribution in [1.82, 2.24) is 4.31 Å². The Morgan fingerprint density at radius 1 is 1.03 bits per heavy atom. The van der Waals surface area contributed by atoms with Gasteiger partial charge in [0.1, 0.15) is 11.6 Å². The molecular formula is C20H21F5N2O3S. The smallest absolute Gasteiger partial charge is 0.376 e. The van der Waals surface area contributed by atoms with Crippen LogP contribution in [0.3, 0.4) is 0 Å². The predicted octanol–water partition coefficient (Wildman–Crippen LogP) is 3.63. The zero-order valence-corrected chi connectivity index (χ0v) is 17.5. The van der Waals surface area contributed by atoms with Crippen molar-refractivity contribution in [3.63, 3.8) is 0 Å². The lowest BCUT2D eigenvalue weighted by atomic mass is 9.96. The minimum Gasteiger partial charge on any atom is -0.376 e. The van der Waals surface area contributed by atoms with E-state index in [1.165, 1.54) is 10.4 Å². The average Bonchev–Trinajstić information content (AvgIpc) is 2.67. The van der Waals surface area contributed by atoms with Crippen LogP contribution in [-0.2, 0) is 15.6 Å². The summed E-state index contributed by atoms with van der Waals surface area (Å²) in [5.41, 5.74) is -3.44. The lowest BCUT2D eigenvalue weighted by Gasteiger charge is -2.40. The SMILES string of the molecule is C[C@@H]1CN(c2ccc(F)cc2F)CCN1S(=O)(=O)c1ccc(C(C)(O)C(F)(F)F)cc1. The second-order valence-corrected chi connectivity index (χ2v) is 9.49.